The summed E-state index contributed by atoms with van der Waals surface area (Å²) >= 11 is 0. The van der Waals surface area contributed by atoms with Crippen LogP contribution in [0.4, 0.5) is 39.8 Å². The molecule has 7 N–H and O–H groups in total. The summed E-state index contributed by atoms with van der Waals surface area (Å²) in [5.41, 5.74) is 11.5. The molecule has 0 aliphatic heterocycles. The van der Waals surface area contributed by atoms with Crippen LogP contribution in [0.1, 0.15) is 10.4 Å². The predicted octanol–water partition coefficient (Wildman–Crippen LogP) is 3.54. The summed E-state index contributed by atoms with van der Waals surface area (Å²) in [5.74, 6) is -1.03. The van der Waals surface area contributed by atoms with Gasteiger partial charge in [-0.15, -0.1) is 20.5 Å². The van der Waals surface area contributed by atoms with Crippen LogP contribution in [-0.4, -0.2) is 71.3 Å². The van der Waals surface area contributed by atoms with Crippen LogP contribution >= 0.6 is 0 Å². The molecule has 0 bridgehead atoms. The van der Waals surface area contributed by atoms with Gasteiger partial charge in [-0.2, -0.15) is 8.42 Å². The second-order valence-electron chi connectivity index (χ2n) is 8.64. The number of benzene rings is 3. The van der Waals surface area contributed by atoms with Crippen molar-refractivity contribution in [3.05, 3.63) is 54.1 Å². The number of nitrogen functional groups attached to an aromatic ring is 2. The maximum Gasteiger partial charge on any atom is 0.340 e. The van der Waals surface area contributed by atoms with Gasteiger partial charge in [0.05, 0.1) is 49.3 Å². The SMILES string of the molecule is COC(=O)c1ccccc1/N=N/c1c(N)c(/N=N/c2cc(NCCS(=O)(=O)CCO)ccc2OC)cc(S(=O)(=O)O)c1N. The molecule has 3 aromatic carbocycles. The zero-order valence-electron chi connectivity index (χ0n) is 23.0. The Morgan fingerprint density at radius 2 is 1.56 bits per heavy atom. The number of nitrogens with two attached hydrogens (primary N) is 2. The maximum atomic E-state index is 12.1. The van der Waals surface area contributed by atoms with E-state index in [2.05, 4.69) is 25.8 Å². The second kappa shape index (κ2) is 14.0. The molecule has 16 nitrogen and oxygen atoms in total. The smallest absolute Gasteiger partial charge is 0.340 e. The predicted molar refractivity (Wildman–Crippen MR) is 158 cm³/mol. The first-order valence-corrected chi connectivity index (χ1v) is 15.5. The van der Waals surface area contributed by atoms with E-state index in [1.54, 1.807) is 18.2 Å². The second-order valence-corrected chi connectivity index (χ2v) is 12.3. The molecule has 43 heavy (non-hydrogen) atoms. The van der Waals surface area contributed by atoms with Crippen LogP contribution < -0.4 is 21.5 Å². The highest BCUT2D eigenvalue weighted by Crippen LogP contribution is 2.43. The quantitative estimate of drug-likeness (QED) is 0.0782. The third kappa shape index (κ3) is 8.44. The molecule has 0 unspecified atom stereocenters. The average molecular weight is 636 g/mol. The van der Waals surface area contributed by atoms with E-state index in [9.17, 15) is 26.2 Å². The summed E-state index contributed by atoms with van der Waals surface area (Å²) in [6.07, 6.45) is 0. The molecular formula is C25H29N7O9S2. The summed E-state index contributed by atoms with van der Waals surface area (Å²) in [5, 5.41) is 27.8. The van der Waals surface area contributed by atoms with Gasteiger partial charge in [0.1, 0.15) is 33.4 Å². The van der Waals surface area contributed by atoms with Crippen molar-refractivity contribution in [3.8, 4) is 5.75 Å². The van der Waals surface area contributed by atoms with Crippen molar-refractivity contribution in [3.63, 3.8) is 0 Å². The number of nitrogens with zero attached hydrogens (tertiary/aromatic N) is 4. The average Bonchev–Trinajstić information content (AvgIpc) is 2.95. The number of nitrogens with one attached hydrogen (secondary N) is 1. The first-order valence-electron chi connectivity index (χ1n) is 12.2. The van der Waals surface area contributed by atoms with E-state index in [0.29, 0.717) is 5.69 Å². The van der Waals surface area contributed by atoms with Crippen molar-refractivity contribution in [2.75, 3.05) is 55.7 Å². The van der Waals surface area contributed by atoms with Gasteiger partial charge in [0.25, 0.3) is 10.1 Å². The zero-order valence-corrected chi connectivity index (χ0v) is 24.6. The molecule has 0 aliphatic rings. The Bertz CT molecular complexity index is 1780. The monoisotopic (exact) mass is 635 g/mol. The van der Waals surface area contributed by atoms with Crippen molar-refractivity contribution in [1.82, 2.24) is 0 Å². The van der Waals surface area contributed by atoms with Gasteiger partial charge in [-0.25, -0.2) is 13.2 Å². The topological polar surface area (TPSA) is 258 Å². The van der Waals surface area contributed by atoms with Crippen LogP contribution in [0.2, 0.25) is 0 Å². The van der Waals surface area contributed by atoms with Gasteiger partial charge < -0.3 is 31.4 Å². The Kier molecular flexibility index (Phi) is 10.7. The van der Waals surface area contributed by atoms with E-state index in [1.807, 2.05) is 0 Å². The fourth-order valence-corrected chi connectivity index (χ4v) is 5.12. The van der Waals surface area contributed by atoms with Gasteiger partial charge in [-0.05, 0) is 36.4 Å². The number of hydrogen-bond donors (Lipinski definition) is 5. The Morgan fingerprint density at radius 1 is 0.884 bits per heavy atom. The number of aliphatic hydroxyl groups excluding tert-OH is 1. The van der Waals surface area contributed by atoms with Crippen molar-refractivity contribution in [1.29, 1.82) is 0 Å². The van der Waals surface area contributed by atoms with Gasteiger partial charge in [0, 0.05) is 12.2 Å². The number of methoxy groups -OCH3 is 2. The molecule has 0 fully saturated rings. The highest BCUT2D eigenvalue weighted by atomic mass is 32.2. The molecule has 0 heterocycles. The third-order valence-corrected chi connectivity index (χ3v) is 8.28. The lowest BCUT2D eigenvalue weighted by molar-refractivity contribution is 0.0601. The lowest BCUT2D eigenvalue weighted by Gasteiger charge is -2.11. The molecule has 0 saturated carbocycles. The molecule has 18 heteroatoms. The largest absolute Gasteiger partial charge is 0.494 e. The van der Waals surface area contributed by atoms with Gasteiger partial charge in [0.15, 0.2) is 9.84 Å². The molecule has 0 saturated heterocycles. The fraction of sp³-hybridized carbons (Fsp3) is 0.240. The Labute approximate surface area is 247 Å². The molecule has 0 radical (unpaired) electrons. The Hall–Kier alpha value is -4.65. The summed E-state index contributed by atoms with van der Waals surface area (Å²) in [4.78, 5) is 11.3. The number of aliphatic hydroxyl groups is 1. The molecule has 0 aromatic heterocycles. The first kappa shape index (κ1) is 32.9. The summed E-state index contributed by atoms with van der Waals surface area (Å²) in [6.45, 7) is -0.436. The van der Waals surface area contributed by atoms with Crippen LogP contribution in [0.15, 0.2) is 73.9 Å². The van der Waals surface area contributed by atoms with Crippen LogP contribution in [0.25, 0.3) is 0 Å². The van der Waals surface area contributed by atoms with Gasteiger partial charge in [-0.3, -0.25) is 4.55 Å². The number of rotatable bonds is 13. The summed E-state index contributed by atoms with van der Waals surface area (Å²) < 4.78 is 67.7. The van der Waals surface area contributed by atoms with E-state index in [0.717, 1.165) is 6.07 Å². The lowest BCUT2D eigenvalue weighted by Crippen LogP contribution is -2.20. The maximum absolute atomic E-state index is 12.1. The van der Waals surface area contributed by atoms with E-state index in [-0.39, 0.29) is 57.8 Å². The summed E-state index contributed by atoms with van der Waals surface area (Å²) in [7, 11) is -5.77. The van der Waals surface area contributed by atoms with Gasteiger partial charge in [0.2, 0.25) is 0 Å². The van der Waals surface area contributed by atoms with Gasteiger partial charge in [-0.1, -0.05) is 12.1 Å². The van der Waals surface area contributed by atoms with Crippen LogP contribution in [0.3, 0.4) is 0 Å². The molecule has 0 spiro atoms. The number of anilines is 3. The molecular weight excluding hydrogens is 606 g/mol. The number of esters is 1. The number of hydrogen-bond acceptors (Lipinski definition) is 15. The van der Waals surface area contributed by atoms with Crippen LogP contribution in [0.5, 0.6) is 5.75 Å². The van der Waals surface area contributed by atoms with E-state index in [4.69, 9.17) is 26.0 Å². The number of azo groups is 2. The Morgan fingerprint density at radius 3 is 2.21 bits per heavy atom. The van der Waals surface area contributed by atoms with Crippen molar-refractivity contribution in [2.24, 2.45) is 20.5 Å². The molecule has 0 atom stereocenters. The number of carbonyl (C=O) groups is 1. The minimum Gasteiger partial charge on any atom is -0.494 e. The van der Waals surface area contributed by atoms with Crippen LogP contribution in [-0.2, 0) is 24.7 Å². The molecule has 230 valence electrons. The van der Waals surface area contributed by atoms with E-state index < -0.39 is 43.1 Å². The number of ether oxygens (including phenoxy) is 2. The number of carbonyl (C=O) groups excluding carboxylic acids is 1. The van der Waals surface area contributed by atoms with Crippen molar-refractivity contribution >= 4 is 65.7 Å². The Balaban J connectivity index is 2.03. The van der Waals surface area contributed by atoms with Crippen LogP contribution in [0, 0.1) is 0 Å². The fourth-order valence-electron chi connectivity index (χ4n) is 3.59. The summed E-state index contributed by atoms with van der Waals surface area (Å²) in [6, 6.07) is 11.6. The van der Waals surface area contributed by atoms with E-state index >= 15 is 0 Å². The first-order chi connectivity index (χ1) is 20.3. The number of sulfone groups is 1. The molecule has 3 aromatic rings. The van der Waals surface area contributed by atoms with Crippen molar-refractivity contribution in [2.45, 2.75) is 4.90 Å². The molecule has 0 aliphatic carbocycles. The normalized spacial score (nSPS) is 12.1. The third-order valence-electron chi connectivity index (χ3n) is 5.75. The highest BCUT2D eigenvalue weighted by molar-refractivity contribution is 7.91. The molecule has 0 amide bonds. The van der Waals surface area contributed by atoms with Gasteiger partial charge >= 0.3 is 5.97 Å². The molecule has 3 rings (SSSR count). The minimum absolute atomic E-state index is 0.0430. The highest BCUT2D eigenvalue weighted by Gasteiger charge is 2.23. The van der Waals surface area contributed by atoms with Crippen molar-refractivity contribution < 1.29 is 40.8 Å². The van der Waals surface area contributed by atoms with E-state index in [1.165, 1.54) is 38.5 Å². The lowest BCUT2D eigenvalue weighted by atomic mass is 10.2. The zero-order chi connectivity index (χ0) is 31.8. The minimum atomic E-state index is -4.89. The standard InChI is InChI=1S/C25H29N7O9S2/c1-40-20-8-7-15(28-9-11-42(35,36)12-10-33)13-18(20)30-31-19-14-21(43(37,38)39)23(27)24(22(19)26)32-29-17-6-4-3-5-16(17)25(34)41-2/h3-8,13-14,28,33H,9-12,26-27H2,1-2H3,(H,37,38,39)/b31-30+,32-29+.